The molecule has 0 saturated carbocycles. The molecular formula is C12H11N3OS. The number of pyridine rings is 1. The fourth-order valence-corrected chi connectivity index (χ4v) is 2.56. The fraction of sp³-hybridized carbons (Fsp3) is 0.167. The molecule has 0 aromatic carbocycles. The van der Waals surface area contributed by atoms with Crippen LogP contribution in [-0.2, 0) is 0 Å². The Hall–Kier alpha value is -1.88. The largest absolute Gasteiger partial charge is 0.495 e. The molecule has 0 radical (unpaired) electrons. The van der Waals surface area contributed by atoms with E-state index in [-0.39, 0.29) is 0 Å². The van der Waals surface area contributed by atoms with Crippen LogP contribution < -0.4 is 4.74 Å². The summed E-state index contributed by atoms with van der Waals surface area (Å²) in [7, 11) is 1.65. The number of hydrogen-bond donors (Lipinski definition) is 0. The van der Waals surface area contributed by atoms with Crippen LogP contribution in [0.3, 0.4) is 0 Å². The molecule has 0 unspecified atom stereocenters. The van der Waals surface area contributed by atoms with Gasteiger partial charge in [0.05, 0.1) is 18.2 Å². The molecule has 0 fully saturated rings. The number of hydrogen-bond acceptors (Lipinski definition) is 4. The smallest absolute Gasteiger partial charge is 0.178 e. The molecule has 0 aliphatic heterocycles. The number of rotatable bonds is 2. The molecular weight excluding hydrogens is 234 g/mol. The lowest BCUT2D eigenvalue weighted by atomic mass is 10.4. The monoisotopic (exact) mass is 245 g/mol. The van der Waals surface area contributed by atoms with Crippen LogP contribution in [0.5, 0.6) is 5.75 Å². The van der Waals surface area contributed by atoms with E-state index < -0.39 is 0 Å². The first kappa shape index (κ1) is 10.3. The van der Waals surface area contributed by atoms with Crippen LogP contribution in [0, 0.1) is 6.92 Å². The SMILES string of the molecule is COc1ccc2nnc(-c3ccc(C)s3)n2c1. The van der Waals surface area contributed by atoms with Crippen molar-refractivity contribution in [2.24, 2.45) is 0 Å². The summed E-state index contributed by atoms with van der Waals surface area (Å²) in [4.78, 5) is 2.38. The van der Waals surface area contributed by atoms with E-state index in [9.17, 15) is 0 Å². The second-order valence-electron chi connectivity index (χ2n) is 3.73. The van der Waals surface area contributed by atoms with Crippen LogP contribution >= 0.6 is 11.3 Å². The second-order valence-corrected chi connectivity index (χ2v) is 5.02. The maximum absolute atomic E-state index is 5.21. The first-order valence-corrected chi connectivity index (χ1v) is 6.05. The van der Waals surface area contributed by atoms with Gasteiger partial charge in [-0.2, -0.15) is 0 Å². The van der Waals surface area contributed by atoms with Crippen molar-refractivity contribution >= 4 is 17.0 Å². The Labute approximate surface area is 102 Å². The van der Waals surface area contributed by atoms with Crippen LogP contribution in [0.4, 0.5) is 0 Å². The molecule has 4 nitrogen and oxygen atoms in total. The van der Waals surface area contributed by atoms with Crippen molar-refractivity contribution in [1.82, 2.24) is 14.6 Å². The van der Waals surface area contributed by atoms with E-state index in [1.54, 1.807) is 18.4 Å². The van der Waals surface area contributed by atoms with E-state index >= 15 is 0 Å². The molecule has 0 amide bonds. The standard InChI is InChI=1S/C12H11N3OS/c1-8-3-5-10(17-8)12-14-13-11-6-4-9(16-2)7-15(11)12/h3-7H,1-2H3. The van der Waals surface area contributed by atoms with Gasteiger partial charge >= 0.3 is 0 Å². The minimum atomic E-state index is 0.798. The Bertz CT molecular complexity index is 671. The molecule has 17 heavy (non-hydrogen) atoms. The molecule has 0 atom stereocenters. The zero-order chi connectivity index (χ0) is 11.8. The highest BCUT2D eigenvalue weighted by Crippen LogP contribution is 2.27. The van der Waals surface area contributed by atoms with Gasteiger partial charge in [-0.05, 0) is 31.2 Å². The highest BCUT2D eigenvalue weighted by atomic mass is 32.1. The normalized spacial score (nSPS) is 10.9. The number of thiophene rings is 1. The van der Waals surface area contributed by atoms with Gasteiger partial charge in [-0.15, -0.1) is 21.5 Å². The van der Waals surface area contributed by atoms with Crippen molar-refractivity contribution in [2.75, 3.05) is 7.11 Å². The van der Waals surface area contributed by atoms with E-state index in [0.29, 0.717) is 0 Å². The molecule has 0 aliphatic rings. The van der Waals surface area contributed by atoms with E-state index in [1.165, 1.54) is 4.88 Å². The van der Waals surface area contributed by atoms with Crippen LogP contribution in [0.15, 0.2) is 30.5 Å². The van der Waals surface area contributed by atoms with Gasteiger partial charge in [-0.1, -0.05) is 0 Å². The Morgan fingerprint density at radius 1 is 1.18 bits per heavy atom. The summed E-state index contributed by atoms with van der Waals surface area (Å²) in [6.07, 6.45) is 1.90. The van der Waals surface area contributed by atoms with Crippen LogP contribution in [-0.4, -0.2) is 21.7 Å². The summed E-state index contributed by atoms with van der Waals surface area (Å²) >= 11 is 1.71. The van der Waals surface area contributed by atoms with Crippen LogP contribution in [0.2, 0.25) is 0 Å². The maximum Gasteiger partial charge on any atom is 0.178 e. The highest BCUT2D eigenvalue weighted by molar-refractivity contribution is 7.15. The predicted molar refractivity (Wildman–Crippen MR) is 67.6 cm³/mol. The minimum absolute atomic E-state index is 0.798. The molecule has 0 aliphatic carbocycles. The summed E-state index contributed by atoms with van der Waals surface area (Å²) in [6, 6.07) is 7.93. The summed E-state index contributed by atoms with van der Waals surface area (Å²) in [5.74, 6) is 1.66. The van der Waals surface area contributed by atoms with Gasteiger partial charge in [-0.3, -0.25) is 4.40 Å². The third-order valence-electron chi connectivity index (χ3n) is 2.57. The van der Waals surface area contributed by atoms with Gasteiger partial charge in [0.15, 0.2) is 11.5 Å². The lowest BCUT2D eigenvalue weighted by Crippen LogP contribution is -1.90. The van der Waals surface area contributed by atoms with Crippen molar-refractivity contribution < 1.29 is 4.74 Å². The van der Waals surface area contributed by atoms with Crippen molar-refractivity contribution in [3.05, 3.63) is 35.3 Å². The van der Waals surface area contributed by atoms with Crippen LogP contribution in [0.25, 0.3) is 16.3 Å². The maximum atomic E-state index is 5.21. The van der Waals surface area contributed by atoms with Gasteiger partial charge in [0, 0.05) is 4.88 Å². The summed E-state index contributed by atoms with van der Waals surface area (Å²) in [5, 5.41) is 8.37. The topological polar surface area (TPSA) is 39.4 Å². The minimum Gasteiger partial charge on any atom is -0.495 e. The van der Waals surface area contributed by atoms with Gasteiger partial charge in [0.1, 0.15) is 5.75 Å². The fourth-order valence-electron chi connectivity index (χ4n) is 1.71. The number of ether oxygens (including phenoxy) is 1. The molecule has 3 aromatic rings. The number of aryl methyl sites for hydroxylation is 1. The Balaban J connectivity index is 2.22. The van der Waals surface area contributed by atoms with Crippen molar-refractivity contribution in [2.45, 2.75) is 6.92 Å². The van der Waals surface area contributed by atoms with E-state index in [1.807, 2.05) is 22.7 Å². The molecule has 0 N–H and O–H groups in total. The van der Waals surface area contributed by atoms with Gasteiger partial charge in [0.25, 0.3) is 0 Å². The molecule has 3 aromatic heterocycles. The Morgan fingerprint density at radius 2 is 2.06 bits per heavy atom. The quantitative estimate of drug-likeness (QED) is 0.697. The third kappa shape index (κ3) is 1.68. The number of aromatic nitrogens is 3. The van der Waals surface area contributed by atoms with E-state index in [0.717, 1.165) is 22.1 Å². The van der Waals surface area contributed by atoms with Gasteiger partial charge in [0.2, 0.25) is 0 Å². The van der Waals surface area contributed by atoms with Crippen molar-refractivity contribution in [1.29, 1.82) is 0 Å². The number of fused-ring (bicyclic) bond motifs is 1. The predicted octanol–water partition coefficient (Wildman–Crippen LogP) is 2.77. The average molecular weight is 245 g/mol. The van der Waals surface area contributed by atoms with Gasteiger partial charge < -0.3 is 4.74 Å². The first-order valence-electron chi connectivity index (χ1n) is 5.23. The van der Waals surface area contributed by atoms with Crippen LogP contribution in [0.1, 0.15) is 4.88 Å². The van der Waals surface area contributed by atoms with Crippen molar-refractivity contribution in [3.8, 4) is 16.5 Å². The zero-order valence-corrected chi connectivity index (χ0v) is 10.4. The second kappa shape index (κ2) is 3.85. The first-order chi connectivity index (χ1) is 8.28. The molecule has 5 heteroatoms. The van der Waals surface area contributed by atoms with Crippen molar-refractivity contribution in [3.63, 3.8) is 0 Å². The molecule has 86 valence electrons. The summed E-state index contributed by atoms with van der Waals surface area (Å²) in [6.45, 7) is 2.08. The molecule has 0 spiro atoms. The number of methoxy groups -OCH3 is 1. The summed E-state index contributed by atoms with van der Waals surface area (Å²) < 4.78 is 7.16. The average Bonchev–Trinajstić information content (AvgIpc) is 2.93. The summed E-state index contributed by atoms with van der Waals surface area (Å²) in [5.41, 5.74) is 0.826. The molecule has 3 rings (SSSR count). The Kier molecular flexibility index (Phi) is 2.33. The van der Waals surface area contributed by atoms with E-state index in [4.69, 9.17) is 4.74 Å². The lowest BCUT2D eigenvalue weighted by molar-refractivity contribution is 0.412. The molecule has 0 bridgehead atoms. The van der Waals surface area contributed by atoms with Gasteiger partial charge in [-0.25, -0.2) is 0 Å². The molecule has 3 heterocycles. The zero-order valence-electron chi connectivity index (χ0n) is 9.54. The Morgan fingerprint density at radius 3 is 2.76 bits per heavy atom. The highest BCUT2D eigenvalue weighted by Gasteiger charge is 2.10. The lowest BCUT2D eigenvalue weighted by Gasteiger charge is -2.01. The third-order valence-corrected chi connectivity index (χ3v) is 3.57. The molecule has 0 saturated heterocycles. The number of nitrogens with zero attached hydrogens (tertiary/aromatic N) is 3. The van der Waals surface area contributed by atoms with E-state index in [2.05, 4.69) is 29.3 Å².